The third kappa shape index (κ3) is 6.58. The van der Waals surface area contributed by atoms with Gasteiger partial charge in [0.15, 0.2) is 0 Å². The minimum atomic E-state index is -0.438. The van der Waals surface area contributed by atoms with Crippen LogP contribution in [0.15, 0.2) is 36.5 Å². The maximum absolute atomic E-state index is 12.0. The summed E-state index contributed by atoms with van der Waals surface area (Å²) in [5.74, 6) is 0.753. The molecule has 1 aliphatic carbocycles. The molecule has 0 radical (unpaired) electrons. The van der Waals surface area contributed by atoms with Crippen molar-refractivity contribution in [1.82, 2.24) is 20.0 Å². The molecular formula is C26H38N4O2. The number of carbonyl (C=O) groups excluding carboxylic acids is 1. The van der Waals surface area contributed by atoms with Crippen molar-refractivity contribution in [3.05, 3.63) is 53.3 Å². The Morgan fingerprint density at radius 2 is 1.91 bits per heavy atom. The number of rotatable bonds is 6. The van der Waals surface area contributed by atoms with E-state index in [0.29, 0.717) is 0 Å². The fraction of sp³-hybridized carbons (Fsp3) is 0.615. The van der Waals surface area contributed by atoms with Gasteiger partial charge in [-0.15, -0.1) is 0 Å². The fourth-order valence-corrected chi connectivity index (χ4v) is 4.89. The van der Waals surface area contributed by atoms with E-state index in [1.54, 1.807) is 0 Å². The Bertz CT molecular complexity index is 879. The SMILES string of the molecule is CC(C)(C)OC(=O)N[C@H]1CC[C@H](CCN2CCc3cn(Cc4ccccc4)nc3C2)CC1. The molecule has 1 fully saturated rings. The third-order valence-electron chi connectivity index (χ3n) is 6.60. The van der Waals surface area contributed by atoms with E-state index in [4.69, 9.17) is 9.84 Å². The molecule has 1 saturated carbocycles. The molecule has 0 spiro atoms. The molecule has 1 aliphatic heterocycles. The molecule has 1 aromatic heterocycles. The van der Waals surface area contributed by atoms with Crippen molar-refractivity contribution in [3.8, 4) is 0 Å². The molecule has 2 aliphatic rings. The summed E-state index contributed by atoms with van der Waals surface area (Å²) in [6.45, 7) is 9.78. The molecule has 4 rings (SSSR count). The van der Waals surface area contributed by atoms with Crippen LogP contribution in [0.2, 0.25) is 0 Å². The van der Waals surface area contributed by atoms with Crippen molar-refractivity contribution in [2.24, 2.45) is 5.92 Å². The van der Waals surface area contributed by atoms with Gasteiger partial charge in [0.2, 0.25) is 0 Å². The third-order valence-corrected chi connectivity index (χ3v) is 6.60. The van der Waals surface area contributed by atoms with Crippen LogP contribution >= 0.6 is 0 Å². The highest BCUT2D eigenvalue weighted by Crippen LogP contribution is 2.28. The molecular weight excluding hydrogens is 400 g/mol. The van der Waals surface area contributed by atoms with E-state index < -0.39 is 5.60 Å². The summed E-state index contributed by atoms with van der Waals surface area (Å²) in [6, 6.07) is 10.8. The van der Waals surface area contributed by atoms with Crippen molar-refractivity contribution >= 4 is 6.09 Å². The monoisotopic (exact) mass is 438 g/mol. The number of alkyl carbamates (subject to hydrolysis) is 1. The molecule has 174 valence electrons. The van der Waals surface area contributed by atoms with Gasteiger partial charge in [-0.05, 0) is 82.9 Å². The van der Waals surface area contributed by atoms with Crippen molar-refractivity contribution in [3.63, 3.8) is 0 Å². The van der Waals surface area contributed by atoms with Crippen LogP contribution in [-0.4, -0.2) is 45.5 Å². The van der Waals surface area contributed by atoms with E-state index in [2.05, 4.69) is 51.4 Å². The van der Waals surface area contributed by atoms with Crippen LogP contribution in [0.4, 0.5) is 4.79 Å². The number of nitrogens with zero attached hydrogens (tertiary/aromatic N) is 3. The van der Waals surface area contributed by atoms with Crippen LogP contribution in [0.5, 0.6) is 0 Å². The van der Waals surface area contributed by atoms with E-state index in [0.717, 1.165) is 51.4 Å². The number of nitrogens with one attached hydrogen (secondary N) is 1. The first-order chi connectivity index (χ1) is 15.3. The van der Waals surface area contributed by atoms with Gasteiger partial charge in [0, 0.05) is 25.3 Å². The maximum atomic E-state index is 12.0. The maximum Gasteiger partial charge on any atom is 0.407 e. The van der Waals surface area contributed by atoms with Gasteiger partial charge in [0.25, 0.3) is 0 Å². The lowest BCUT2D eigenvalue weighted by atomic mass is 9.84. The second kappa shape index (κ2) is 10.1. The molecule has 6 heteroatoms. The molecule has 0 atom stereocenters. The first-order valence-corrected chi connectivity index (χ1v) is 12.1. The van der Waals surface area contributed by atoms with E-state index in [-0.39, 0.29) is 12.1 Å². The lowest BCUT2D eigenvalue weighted by Crippen LogP contribution is -2.41. The lowest BCUT2D eigenvalue weighted by molar-refractivity contribution is 0.0485. The minimum Gasteiger partial charge on any atom is -0.444 e. The van der Waals surface area contributed by atoms with Gasteiger partial charge in [-0.25, -0.2) is 4.79 Å². The predicted octanol–water partition coefficient (Wildman–Crippen LogP) is 4.76. The first-order valence-electron chi connectivity index (χ1n) is 12.1. The van der Waals surface area contributed by atoms with Crippen molar-refractivity contribution in [1.29, 1.82) is 0 Å². The number of ether oxygens (including phenoxy) is 1. The van der Waals surface area contributed by atoms with Gasteiger partial charge in [-0.3, -0.25) is 9.58 Å². The zero-order valence-corrected chi connectivity index (χ0v) is 19.8. The normalized spacial score (nSPS) is 21.7. The quantitative estimate of drug-likeness (QED) is 0.706. The Kier molecular flexibility index (Phi) is 7.19. The van der Waals surface area contributed by atoms with Gasteiger partial charge in [-0.1, -0.05) is 30.3 Å². The molecule has 2 heterocycles. The molecule has 0 bridgehead atoms. The largest absolute Gasteiger partial charge is 0.444 e. The summed E-state index contributed by atoms with van der Waals surface area (Å²) in [4.78, 5) is 14.6. The summed E-state index contributed by atoms with van der Waals surface area (Å²) in [5.41, 5.74) is 3.51. The second-order valence-electron chi connectivity index (χ2n) is 10.5. The smallest absolute Gasteiger partial charge is 0.407 e. The average Bonchev–Trinajstić information content (AvgIpc) is 3.14. The number of hydrogen-bond donors (Lipinski definition) is 1. The fourth-order valence-electron chi connectivity index (χ4n) is 4.89. The van der Waals surface area contributed by atoms with Crippen LogP contribution in [0, 0.1) is 5.92 Å². The van der Waals surface area contributed by atoms with E-state index >= 15 is 0 Å². The van der Waals surface area contributed by atoms with Gasteiger partial charge in [0.05, 0.1) is 12.2 Å². The summed E-state index contributed by atoms with van der Waals surface area (Å²) in [7, 11) is 0. The molecule has 6 nitrogen and oxygen atoms in total. The van der Waals surface area contributed by atoms with Gasteiger partial charge < -0.3 is 10.1 Å². The number of amides is 1. The Hall–Kier alpha value is -2.34. The standard InChI is InChI=1S/C26H38N4O2/c1-26(2,3)32-25(31)27-23-11-9-20(10-12-23)13-15-29-16-14-22-18-30(28-24(22)19-29)17-21-7-5-4-6-8-21/h4-8,18,20,23H,9-17,19H2,1-3H3,(H,27,31)/t20-,23-. The van der Waals surface area contributed by atoms with Crippen LogP contribution in [0.1, 0.15) is 69.7 Å². The zero-order chi connectivity index (χ0) is 22.6. The van der Waals surface area contributed by atoms with E-state index in [1.807, 2.05) is 20.8 Å². The molecule has 1 N–H and O–H groups in total. The summed E-state index contributed by atoms with van der Waals surface area (Å²) in [6.07, 6.45) is 8.76. The minimum absolute atomic E-state index is 0.257. The van der Waals surface area contributed by atoms with Crippen molar-refractivity contribution in [2.45, 2.75) is 84.0 Å². The molecule has 1 amide bonds. The van der Waals surface area contributed by atoms with Gasteiger partial charge >= 0.3 is 6.09 Å². The van der Waals surface area contributed by atoms with Crippen molar-refractivity contribution < 1.29 is 9.53 Å². The summed E-state index contributed by atoms with van der Waals surface area (Å²) >= 11 is 0. The van der Waals surface area contributed by atoms with Crippen LogP contribution in [-0.2, 0) is 24.2 Å². The zero-order valence-electron chi connectivity index (χ0n) is 19.8. The molecule has 0 saturated heterocycles. The first kappa shape index (κ1) is 22.8. The Balaban J connectivity index is 1.18. The second-order valence-corrected chi connectivity index (χ2v) is 10.5. The van der Waals surface area contributed by atoms with E-state index in [1.165, 1.54) is 36.1 Å². The molecule has 32 heavy (non-hydrogen) atoms. The predicted molar refractivity (Wildman–Crippen MR) is 126 cm³/mol. The Labute approximate surface area is 192 Å². The lowest BCUT2D eigenvalue weighted by Gasteiger charge is -2.32. The Morgan fingerprint density at radius 3 is 2.62 bits per heavy atom. The summed E-state index contributed by atoms with van der Waals surface area (Å²) < 4.78 is 7.49. The van der Waals surface area contributed by atoms with Gasteiger partial charge in [0.1, 0.15) is 5.60 Å². The van der Waals surface area contributed by atoms with Gasteiger partial charge in [-0.2, -0.15) is 5.10 Å². The number of hydrogen-bond acceptors (Lipinski definition) is 4. The highest BCUT2D eigenvalue weighted by molar-refractivity contribution is 5.68. The number of fused-ring (bicyclic) bond motifs is 1. The summed E-state index contributed by atoms with van der Waals surface area (Å²) in [5, 5.41) is 7.93. The topological polar surface area (TPSA) is 59.4 Å². The Morgan fingerprint density at radius 1 is 1.16 bits per heavy atom. The molecule has 1 aromatic carbocycles. The number of aromatic nitrogens is 2. The average molecular weight is 439 g/mol. The molecule has 0 unspecified atom stereocenters. The van der Waals surface area contributed by atoms with Crippen LogP contribution < -0.4 is 5.32 Å². The number of benzene rings is 1. The van der Waals surface area contributed by atoms with E-state index in [9.17, 15) is 4.79 Å². The van der Waals surface area contributed by atoms with Crippen LogP contribution in [0.3, 0.4) is 0 Å². The molecule has 2 aromatic rings. The van der Waals surface area contributed by atoms with Crippen molar-refractivity contribution in [2.75, 3.05) is 13.1 Å². The number of carbonyl (C=O) groups is 1. The van der Waals surface area contributed by atoms with Crippen LogP contribution in [0.25, 0.3) is 0 Å². The highest BCUT2D eigenvalue weighted by atomic mass is 16.6. The highest BCUT2D eigenvalue weighted by Gasteiger charge is 2.26.